The number of nitrogens with one attached hydrogen (secondary N) is 3. The zero-order valence-electron chi connectivity index (χ0n) is 14.3. The number of alkyl halides is 3. The summed E-state index contributed by atoms with van der Waals surface area (Å²) in [5.74, 6) is 0. The summed E-state index contributed by atoms with van der Waals surface area (Å²) in [7, 11) is 0. The van der Waals surface area contributed by atoms with E-state index in [-0.39, 0.29) is 5.11 Å². The normalized spacial score (nSPS) is 11.6. The molecule has 0 aliphatic rings. The minimum Gasteiger partial charge on any atom is -0.444 e. The number of carbonyl (C=O) groups is 1. The number of rotatable bonds is 5. The molecule has 0 saturated heterocycles. The van der Waals surface area contributed by atoms with Gasteiger partial charge in [0.25, 0.3) is 0 Å². The summed E-state index contributed by atoms with van der Waals surface area (Å²) >= 11 is 5.06. The number of carbonyl (C=O) groups excluding carboxylic acids is 1. The highest BCUT2D eigenvalue weighted by Crippen LogP contribution is 2.29. The number of alkyl carbamates (subject to hydrolysis) is 1. The highest BCUT2D eigenvalue weighted by molar-refractivity contribution is 7.80. The molecular formula is C16H22F3N3O2S. The molecule has 0 aliphatic heterocycles. The molecule has 0 bridgehead atoms. The van der Waals surface area contributed by atoms with Crippen molar-refractivity contribution >= 4 is 29.1 Å². The molecule has 1 aromatic rings. The van der Waals surface area contributed by atoms with Gasteiger partial charge in [0.2, 0.25) is 0 Å². The van der Waals surface area contributed by atoms with Crippen LogP contribution in [0.1, 0.15) is 32.8 Å². The van der Waals surface area contributed by atoms with Gasteiger partial charge in [0.15, 0.2) is 5.11 Å². The number of amides is 1. The van der Waals surface area contributed by atoms with Crippen molar-refractivity contribution in [3.63, 3.8) is 0 Å². The van der Waals surface area contributed by atoms with Crippen molar-refractivity contribution < 1.29 is 22.7 Å². The molecule has 1 amide bonds. The Hall–Kier alpha value is -2.03. The predicted molar refractivity (Wildman–Crippen MR) is 94.5 cm³/mol. The van der Waals surface area contributed by atoms with Crippen LogP contribution in [0.5, 0.6) is 0 Å². The molecule has 1 aromatic carbocycles. The molecule has 0 heterocycles. The van der Waals surface area contributed by atoms with Gasteiger partial charge < -0.3 is 20.7 Å². The monoisotopic (exact) mass is 377 g/mol. The third-order valence-electron chi connectivity index (χ3n) is 2.78. The van der Waals surface area contributed by atoms with Crippen LogP contribution in [0.25, 0.3) is 0 Å². The molecule has 0 unspecified atom stereocenters. The number of halogens is 3. The van der Waals surface area contributed by atoms with Crippen LogP contribution in [0.4, 0.5) is 23.7 Å². The molecule has 140 valence electrons. The fraction of sp³-hybridized carbons (Fsp3) is 0.500. The van der Waals surface area contributed by atoms with E-state index in [9.17, 15) is 18.0 Å². The van der Waals surface area contributed by atoms with E-state index in [1.54, 1.807) is 20.8 Å². The maximum atomic E-state index is 12.5. The highest BCUT2D eigenvalue weighted by atomic mass is 32.1. The van der Waals surface area contributed by atoms with Crippen LogP contribution in [0.3, 0.4) is 0 Å². The van der Waals surface area contributed by atoms with Crippen LogP contribution in [0, 0.1) is 0 Å². The van der Waals surface area contributed by atoms with Crippen LogP contribution in [-0.2, 0) is 10.9 Å². The van der Waals surface area contributed by atoms with Gasteiger partial charge in [-0.1, -0.05) is 0 Å². The summed E-state index contributed by atoms with van der Waals surface area (Å²) in [5.41, 5.74) is -0.808. The summed E-state index contributed by atoms with van der Waals surface area (Å²) in [4.78, 5) is 11.4. The molecule has 5 nitrogen and oxygen atoms in total. The van der Waals surface area contributed by atoms with Gasteiger partial charge in [-0.05, 0) is 63.7 Å². The van der Waals surface area contributed by atoms with Crippen LogP contribution in [0.2, 0.25) is 0 Å². The molecule has 0 atom stereocenters. The molecular weight excluding hydrogens is 355 g/mol. The summed E-state index contributed by atoms with van der Waals surface area (Å²) in [6.45, 7) is 6.23. The van der Waals surface area contributed by atoms with Gasteiger partial charge in [0.1, 0.15) is 5.60 Å². The second-order valence-electron chi connectivity index (χ2n) is 6.24. The Morgan fingerprint density at radius 1 is 1.08 bits per heavy atom. The number of thiocarbonyl (C=S) groups is 1. The standard InChI is InChI=1S/C16H22F3N3O2S/c1-15(2,3)24-14(23)21-10-4-9-20-13(25)22-12-7-5-11(6-8-12)16(17,18)19/h5-8H,4,9-10H2,1-3H3,(H,21,23)(H2,20,22,25). The molecule has 0 aliphatic carbocycles. The molecule has 25 heavy (non-hydrogen) atoms. The fourth-order valence-electron chi connectivity index (χ4n) is 1.71. The minimum atomic E-state index is -4.36. The van der Waals surface area contributed by atoms with Crippen molar-refractivity contribution in [3.05, 3.63) is 29.8 Å². The van der Waals surface area contributed by atoms with E-state index in [2.05, 4.69) is 16.0 Å². The van der Waals surface area contributed by atoms with Crippen molar-refractivity contribution in [1.29, 1.82) is 0 Å². The minimum absolute atomic E-state index is 0.289. The van der Waals surface area contributed by atoms with Gasteiger partial charge >= 0.3 is 12.3 Å². The highest BCUT2D eigenvalue weighted by Gasteiger charge is 2.29. The maximum Gasteiger partial charge on any atom is 0.416 e. The summed E-state index contributed by atoms with van der Waals surface area (Å²) in [6.07, 6.45) is -4.25. The smallest absolute Gasteiger partial charge is 0.416 e. The quantitative estimate of drug-likeness (QED) is 0.537. The lowest BCUT2D eigenvalue weighted by Gasteiger charge is -2.19. The molecule has 0 saturated carbocycles. The van der Waals surface area contributed by atoms with E-state index in [0.29, 0.717) is 25.2 Å². The van der Waals surface area contributed by atoms with Crippen molar-refractivity contribution in [3.8, 4) is 0 Å². The fourth-order valence-corrected chi connectivity index (χ4v) is 1.93. The van der Waals surface area contributed by atoms with E-state index in [1.807, 2.05) is 0 Å². The van der Waals surface area contributed by atoms with E-state index in [1.165, 1.54) is 12.1 Å². The lowest BCUT2D eigenvalue weighted by atomic mass is 10.2. The van der Waals surface area contributed by atoms with E-state index >= 15 is 0 Å². The molecule has 9 heteroatoms. The Balaban J connectivity index is 2.24. The van der Waals surface area contributed by atoms with Crippen LogP contribution in [0.15, 0.2) is 24.3 Å². The first-order valence-corrected chi connectivity index (χ1v) is 8.07. The van der Waals surface area contributed by atoms with Gasteiger partial charge in [-0.3, -0.25) is 0 Å². The van der Waals surface area contributed by atoms with E-state index in [4.69, 9.17) is 17.0 Å². The Kier molecular flexibility index (Phi) is 7.47. The van der Waals surface area contributed by atoms with Crippen LogP contribution in [-0.4, -0.2) is 29.9 Å². The van der Waals surface area contributed by atoms with Gasteiger partial charge in [-0.15, -0.1) is 0 Å². The third-order valence-corrected chi connectivity index (χ3v) is 3.02. The van der Waals surface area contributed by atoms with Crippen LogP contribution < -0.4 is 16.0 Å². The van der Waals surface area contributed by atoms with Crippen LogP contribution >= 0.6 is 12.2 Å². The van der Waals surface area contributed by atoms with Crippen molar-refractivity contribution in [2.24, 2.45) is 0 Å². The molecule has 0 fully saturated rings. The number of anilines is 1. The molecule has 0 spiro atoms. The first-order chi connectivity index (χ1) is 11.5. The average Bonchev–Trinajstić information content (AvgIpc) is 2.44. The topological polar surface area (TPSA) is 62.4 Å². The van der Waals surface area contributed by atoms with E-state index < -0.39 is 23.4 Å². The molecule has 0 aromatic heterocycles. The van der Waals surface area contributed by atoms with Gasteiger partial charge in [-0.2, -0.15) is 13.2 Å². The second kappa shape index (κ2) is 8.89. The number of hydrogen-bond donors (Lipinski definition) is 3. The maximum absolute atomic E-state index is 12.5. The van der Waals surface area contributed by atoms with Gasteiger partial charge in [0.05, 0.1) is 5.56 Å². The Bertz CT molecular complexity index is 584. The number of ether oxygens (including phenoxy) is 1. The summed E-state index contributed by atoms with van der Waals surface area (Å²) in [5, 5.41) is 8.60. The SMILES string of the molecule is CC(C)(C)OC(=O)NCCCNC(=S)Nc1ccc(C(F)(F)F)cc1. The molecule has 1 rings (SSSR count). The summed E-state index contributed by atoms with van der Waals surface area (Å²) in [6, 6.07) is 4.58. The van der Waals surface area contributed by atoms with Crippen molar-refractivity contribution in [2.45, 2.75) is 39.0 Å². The first-order valence-electron chi connectivity index (χ1n) is 7.66. The van der Waals surface area contributed by atoms with Crippen molar-refractivity contribution in [1.82, 2.24) is 10.6 Å². The number of hydrogen-bond acceptors (Lipinski definition) is 3. The first kappa shape index (κ1) is 21.0. The van der Waals surface area contributed by atoms with E-state index in [0.717, 1.165) is 12.1 Å². The summed E-state index contributed by atoms with van der Waals surface area (Å²) < 4.78 is 42.5. The molecule has 3 N–H and O–H groups in total. The Labute approximate surface area is 150 Å². The average molecular weight is 377 g/mol. The third kappa shape index (κ3) is 9.13. The molecule has 0 radical (unpaired) electrons. The lowest BCUT2D eigenvalue weighted by molar-refractivity contribution is -0.137. The zero-order valence-corrected chi connectivity index (χ0v) is 15.1. The Morgan fingerprint density at radius 2 is 1.64 bits per heavy atom. The largest absolute Gasteiger partial charge is 0.444 e. The second-order valence-corrected chi connectivity index (χ2v) is 6.65. The Morgan fingerprint density at radius 3 is 2.16 bits per heavy atom. The van der Waals surface area contributed by atoms with Gasteiger partial charge in [0, 0.05) is 18.8 Å². The predicted octanol–water partition coefficient (Wildman–Crippen LogP) is 3.91. The van der Waals surface area contributed by atoms with Crippen molar-refractivity contribution in [2.75, 3.05) is 18.4 Å². The zero-order chi connectivity index (χ0) is 19.1. The number of benzene rings is 1. The van der Waals surface area contributed by atoms with Gasteiger partial charge in [-0.25, -0.2) is 4.79 Å². The lowest BCUT2D eigenvalue weighted by Crippen LogP contribution is -2.35.